The lowest BCUT2D eigenvalue weighted by Crippen LogP contribution is -2.28. The lowest BCUT2D eigenvalue weighted by atomic mass is 10.0. The Morgan fingerprint density at radius 2 is 2.04 bits per heavy atom. The number of nitriles is 1. The van der Waals surface area contributed by atoms with E-state index in [0.29, 0.717) is 34.7 Å². The Morgan fingerprint density at radius 3 is 2.77 bits per heavy atom. The van der Waals surface area contributed by atoms with Gasteiger partial charge in [0.05, 0.1) is 17.3 Å². The first-order valence-corrected chi connectivity index (χ1v) is 8.93. The van der Waals surface area contributed by atoms with Gasteiger partial charge in [-0.15, -0.1) is 11.3 Å². The molecule has 1 unspecified atom stereocenters. The Hall–Kier alpha value is -3.08. The number of fused-ring (bicyclic) bond motifs is 1. The second-order valence-corrected chi connectivity index (χ2v) is 7.08. The highest BCUT2D eigenvalue weighted by molar-refractivity contribution is 7.12. The molecule has 3 heterocycles. The summed E-state index contributed by atoms with van der Waals surface area (Å²) in [5, 5.41) is 9.81. The van der Waals surface area contributed by atoms with Gasteiger partial charge in [0, 0.05) is 28.9 Å². The van der Waals surface area contributed by atoms with E-state index in [9.17, 15) is 4.79 Å². The highest BCUT2D eigenvalue weighted by Gasteiger charge is 2.20. The predicted octanol–water partition coefficient (Wildman–Crippen LogP) is 2.62. The van der Waals surface area contributed by atoms with Crippen LogP contribution >= 0.6 is 11.3 Å². The van der Waals surface area contributed by atoms with Crippen LogP contribution in [0.2, 0.25) is 0 Å². The van der Waals surface area contributed by atoms with Crippen LogP contribution in [0.25, 0.3) is 10.9 Å². The molecule has 6 nitrogen and oxygen atoms in total. The first kappa shape index (κ1) is 16.4. The van der Waals surface area contributed by atoms with Crippen molar-refractivity contribution in [2.24, 2.45) is 5.73 Å². The summed E-state index contributed by atoms with van der Waals surface area (Å²) in [6, 6.07) is 10.7. The van der Waals surface area contributed by atoms with Gasteiger partial charge in [-0.05, 0) is 24.3 Å². The molecular formula is C19H15N5OS. The molecule has 0 aliphatic carbocycles. The van der Waals surface area contributed by atoms with E-state index in [1.807, 2.05) is 24.3 Å². The molecular weight excluding hydrogens is 346 g/mol. The van der Waals surface area contributed by atoms with Crippen LogP contribution in [0.1, 0.15) is 31.8 Å². The van der Waals surface area contributed by atoms with Crippen molar-refractivity contribution >= 4 is 28.1 Å². The molecule has 1 aliphatic rings. The second kappa shape index (κ2) is 6.67. The van der Waals surface area contributed by atoms with Crippen molar-refractivity contribution < 1.29 is 4.79 Å². The van der Waals surface area contributed by atoms with Crippen LogP contribution in [0, 0.1) is 11.3 Å². The summed E-state index contributed by atoms with van der Waals surface area (Å²) >= 11 is 1.35. The summed E-state index contributed by atoms with van der Waals surface area (Å²) in [4.78, 5) is 24.5. The van der Waals surface area contributed by atoms with Crippen LogP contribution in [0.15, 0.2) is 48.8 Å². The van der Waals surface area contributed by atoms with Gasteiger partial charge < -0.3 is 10.6 Å². The number of carbonyl (C=O) groups is 1. The van der Waals surface area contributed by atoms with Crippen molar-refractivity contribution in [3.63, 3.8) is 0 Å². The maximum absolute atomic E-state index is 12.6. The standard InChI is InChI=1S/C19H15N5OS/c20-10-13-4-6-16(26-13)17(21)18-14-5-3-12(9-15(14)22-11-23-18)19(25)24-7-1-2-8-24/h1-6,9,11,17H,7-8,21H2. The van der Waals surface area contributed by atoms with Gasteiger partial charge in [-0.2, -0.15) is 5.26 Å². The van der Waals surface area contributed by atoms with Gasteiger partial charge in [0.25, 0.3) is 5.91 Å². The van der Waals surface area contributed by atoms with E-state index in [1.54, 1.807) is 23.1 Å². The van der Waals surface area contributed by atoms with E-state index in [4.69, 9.17) is 11.0 Å². The van der Waals surface area contributed by atoms with Crippen molar-refractivity contribution in [2.75, 3.05) is 13.1 Å². The predicted molar refractivity (Wildman–Crippen MR) is 99.6 cm³/mol. The molecule has 2 N–H and O–H groups in total. The summed E-state index contributed by atoms with van der Waals surface area (Å²) < 4.78 is 0. The van der Waals surface area contributed by atoms with Crippen molar-refractivity contribution in [1.82, 2.24) is 14.9 Å². The molecule has 1 atom stereocenters. The second-order valence-electron chi connectivity index (χ2n) is 5.96. The van der Waals surface area contributed by atoms with E-state index < -0.39 is 6.04 Å². The van der Waals surface area contributed by atoms with Crippen molar-refractivity contribution in [2.45, 2.75) is 6.04 Å². The van der Waals surface area contributed by atoms with Crippen LogP contribution in [0.3, 0.4) is 0 Å². The van der Waals surface area contributed by atoms with Gasteiger partial charge in [-0.1, -0.05) is 18.2 Å². The zero-order valence-corrected chi connectivity index (χ0v) is 14.6. The van der Waals surface area contributed by atoms with Crippen molar-refractivity contribution in [3.05, 3.63) is 69.8 Å². The monoisotopic (exact) mass is 361 g/mol. The molecule has 0 spiro atoms. The SMILES string of the molecule is N#Cc1ccc(C(N)c2ncnc3cc(C(=O)N4CC=CC4)ccc23)s1. The minimum Gasteiger partial charge on any atom is -0.331 e. The topological polar surface area (TPSA) is 95.9 Å². The normalized spacial score (nSPS) is 14.5. The number of hydrogen-bond donors (Lipinski definition) is 1. The van der Waals surface area contributed by atoms with Gasteiger partial charge in [-0.25, -0.2) is 9.97 Å². The molecule has 2 aromatic heterocycles. The minimum atomic E-state index is -0.447. The molecule has 0 fully saturated rings. The fourth-order valence-electron chi connectivity index (χ4n) is 3.00. The Kier molecular flexibility index (Phi) is 4.21. The summed E-state index contributed by atoms with van der Waals surface area (Å²) in [6.07, 6.45) is 5.42. The van der Waals surface area contributed by atoms with E-state index in [1.165, 1.54) is 17.7 Å². The van der Waals surface area contributed by atoms with E-state index in [2.05, 4.69) is 16.0 Å². The van der Waals surface area contributed by atoms with Gasteiger partial charge in [0.15, 0.2) is 0 Å². The number of carbonyl (C=O) groups excluding carboxylic acids is 1. The van der Waals surface area contributed by atoms with Crippen LogP contribution in [0.4, 0.5) is 0 Å². The lowest BCUT2D eigenvalue weighted by Gasteiger charge is -2.16. The molecule has 1 aliphatic heterocycles. The van der Waals surface area contributed by atoms with E-state index in [-0.39, 0.29) is 5.91 Å². The first-order valence-electron chi connectivity index (χ1n) is 8.11. The summed E-state index contributed by atoms with van der Waals surface area (Å²) in [7, 11) is 0. The maximum Gasteiger partial charge on any atom is 0.254 e. The van der Waals surface area contributed by atoms with Crippen molar-refractivity contribution in [1.29, 1.82) is 5.26 Å². The average Bonchev–Trinajstić information content (AvgIpc) is 3.37. The third-order valence-corrected chi connectivity index (χ3v) is 5.43. The molecule has 1 amide bonds. The third-order valence-electron chi connectivity index (χ3n) is 4.36. The number of nitrogens with zero attached hydrogens (tertiary/aromatic N) is 4. The molecule has 7 heteroatoms. The average molecular weight is 361 g/mol. The van der Waals surface area contributed by atoms with Crippen LogP contribution in [-0.2, 0) is 0 Å². The quantitative estimate of drug-likeness (QED) is 0.724. The molecule has 128 valence electrons. The molecule has 4 rings (SSSR count). The number of nitrogens with two attached hydrogens (primary N) is 1. The number of amides is 1. The molecule has 0 radical (unpaired) electrons. The minimum absolute atomic E-state index is 0.0155. The van der Waals surface area contributed by atoms with Gasteiger partial charge in [-0.3, -0.25) is 4.79 Å². The van der Waals surface area contributed by atoms with Crippen LogP contribution in [-0.4, -0.2) is 33.9 Å². The smallest absolute Gasteiger partial charge is 0.254 e. The lowest BCUT2D eigenvalue weighted by molar-refractivity contribution is 0.0800. The zero-order chi connectivity index (χ0) is 18.1. The van der Waals surface area contributed by atoms with Crippen molar-refractivity contribution in [3.8, 4) is 6.07 Å². The highest BCUT2D eigenvalue weighted by atomic mass is 32.1. The Labute approximate surface area is 154 Å². The largest absolute Gasteiger partial charge is 0.331 e. The van der Waals surface area contributed by atoms with Gasteiger partial charge >= 0.3 is 0 Å². The Balaban J connectivity index is 1.70. The fraction of sp³-hybridized carbons (Fsp3) is 0.158. The highest BCUT2D eigenvalue weighted by Crippen LogP contribution is 2.29. The summed E-state index contributed by atoms with van der Waals surface area (Å²) in [6.45, 7) is 1.27. The molecule has 0 saturated carbocycles. The summed E-state index contributed by atoms with van der Waals surface area (Å²) in [5.74, 6) is -0.0155. The van der Waals surface area contributed by atoms with E-state index >= 15 is 0 Å². The fourth-order valence-corrected chi connectivity index (χ4v) is 3.81. The van der Waals surface area contributed by atoms with Crippen LogP contribution in [0.5, 0.6) is 0 Å². The molecule has 1 aromatic carbocycles. The molecule has 0 saturated heterocycles. The van der Waals surface area contributed by atoms with Crippen LogP contribution < -0.4 is 5.73 Å². The number of benzene rings is 1. The zero-order valence-electron chi connectivity index (χ0n) is 13.8. The molecule has 3 aromatic rings. The van der Waals surface area contributed by atoms with E-state index in [0.717, 1.165) is 10.3 Å². The van der Waals surface area contributed by atoms with Gasteiger partial charge in [0.2, 0.25) is 0 Å². The first-order chi connectivity index (χ1) is 12.7. The number of rotatable bonds is 3. The number of aromatic nitrogens is 2. The molecule has 26 heavy (non-hydrogen) atoms. The number of hydrogen-bond acceptors (Lipinski definition) is 6. The third kappa shape index (κ3) is 2.86. The summed E-state index contributed by atoms with van der Waals surface area (Å²) in [5.41, 5.74) is 8.34. The van der Waals surface area contributed by atoms with Gasteiger partial charge in [0.1, 0.15) is 17.3 Å². The number of thiophene rings is 1. The Morgan fingerprint density at radius 1 is 1.23 bits per heavy atom. The Bertz CT molecular complexity index is 1060. The molecule has 0 bridgehead atoms. The maximum atomic E-state index is 12.6.